The monoisotopic (exact) mass is 145 g/mol. The van der Waals surface area contributed by atoms with E-state index in [0.29, 0.717) is 5.56 Å². The summed E-state index contributed by atoms with van der Waals surface area (Å²) in [6, 6.07) is 5.62. The number of rotatable bonds is 2. The van der Waals surface area contributed by atoms with Crippen molar-refractivity contribution < 1.29 is 4.57 Å². The normalized spacial score (nSPS) is 8.64. The zero-order chi connectivity index (χ0) is 8.10. The fourth-order valence-corrected chi connectivity index (χ4v) is 0.803. The average Bonchev–Trinajstić information content (AvgIpc) is 2.07. The van der Waals surface area contributed by atoms with Crippen molar-refractivity contribution >= 4 is 0 Å². The maximum Gasteiger partial charge on any atom is 0.170 e. The van der Waals surface area contributed by atoms with E-state index in [1.807, 2.05) is 23.0 Å². The molecule has 0 radical (unpaired) electrons. The molecule has 1 aromatic rings. The van der Waals surface area contributed by atoms with Crippen LogP contribution in [-0.2, 0) is 6.54 Å². The Kier molecular flexibility index (Phi) is 2.40. The van der Waals surface area contributed by atoms with Crippen molar-refractivity contribution in [2.75, 3.05) is 0 Å². The molecule has 0 atom stereocenters. The van der Waals surface area contributed by atoms with Crippen LogP contribution in [0.4, 0.5) is 0 Å². The van der Waals surface area contributed by atoms with E-state index in [0.717, 1.165) is 6.54 Å². The molecule has 1 heterocycles. The molecule has 0 saturated carbocycles. The molecule has 0 aliphatic heterocycles. The van der Waals surface area contributed by atoms with E-state index in [1.165, 1.54) is 0 Å². The zero-order valence-corrected chi connectivity index (χ0v) is 6.20. The Morgan fingerprint density at radius 1 is 1.55 bits per heavy atom. The Labute approximate surface area is 66.0 Å². The van der Waals surface area contributed by atoms with E-state index in [9.17, 15) is 0 Å². The van der Waals surface area contributed by atoms with Crippen molar-refractivity contribution in [1.29, 1.82) is 5.26 Å². The summed E-state index contributed by atoms with van der Waals surface area (Å²) in [6.45, 7) is 4.40. The third kappa shape index (κ3) is 1.91. The first-order chi connectivity index (χ1) is 5.36. The van der Waals surface area contributed by atoms with E-state index in [4.69, 9.17) is 5.26 Å². The molecular formula is C9H9N2+. The van der Waals surface area contributed by atoms with Gasteiger partial charge in [-0.2, -0.15) is 5.26 Å². The summed E-state index contributed by atoms with van der Waals surface area (Å²) < 4.78 is 1.95. The van der Waals surface area contributed by atoms with Gasteiger partial charge in [-0.05, 0) is 6.08 Å². The van der Waals surface area contributed by atoms with Gasteiger partial charge in [0.2, 0.25) is 0 Å². The number of aromatic nitrogens is 1. The van der Waals surface area contributed by atoms with Gasteiger partial charge < -0.3 is 0 Å². The van der Waals surface area contributed by atoms with Crippen molar-refractivity contribution in [3.05, 3.63) is 42.7 Å². The fraction of sp³-hybridized carbons (Fsp3) is 0.111. The molecule has 2 heteroatoms. The smallest absolute Gasteiger partial charge is 0.170 e. The summed E-state index contributed by atoms with van der Waals surface area (Å²) in [4.78, 5) is 0. The summed E-state index contributed by atoms with van der Waals surface area (Å²) in [5.74, 6) is 0. The molecular weight excluding hydrogens is 136 g/mol. The number of pyridine rings is 1. The van der Waals surface area contributed by atoms with Gasteiger partial charge in [0.1, 0.15) is 0 Å². The second-order valence-corrected chi connectivity index (χ2v) is 2.18. The van der Waals surface area contributed by atoms with Gasteiger partial charge >= 0.3 is 0 Å². The van der Waals surface area contributed by atoms with Gasteiger partial charge in [0, 0.05) is 12.1 Å². The number of allylic oxidation sites excluding steroid dienone is 1. The van der Waals surface area contributed by atoms with Crippen LogP contribution in [0.1, 0.15) is 5.56 Å². The highest BCUT2D eigenvalue weighted by Crippen LogP contribution is 1.90. The van der Waals surface area contributed by atoms with Crippen LogP contribution in [-0.4, -0.2) is 0 Å². The number of nitrogens with zero attached hydrogens (tertiary/aromatic N) is 2. The second-order valence-electron chi connectivity index (χ2n) is 2.18. The van der Waals surface area contributed by atoms with Gasteiger partial charge in [-0.15, -0.1) is 0 Å². The highest BCUT2D eigenvalue weighted by atomic mass is 14.9. The Bertz CT molecular complexity index is 279. The SMILES string of the molecule is C=CC[n+]1ccc(C#N)cc1. The largest absolute Gasteiger partial charge is 0.201 e. The topological polar surface area (TPSA) is 27.7 Å². The molecule has 54 valence electrons. The molecule has 0 aliphatic rings. The number of nitriles is 1. The lowest BCUT2D eigenvalue weighted by atomic mass is 10.3. The van der Waals surface area contributed by atoms with Crippen molar-refractivity contribution in [2.24, 2.45) is 0 Å². The van der Waals surface area contributed by atoms with Crippen LogP contribution in [0.2, 0.25) is 0 Å². The molecule has 0 aromatic carbocycles. The summed E-state index contributed by atoms with van der Waals surface area (Å²) in [6.07, 6.45) is 5.53. The second kappa shape index (κ2) is 3.52. The third-order valence-corrected chi connectivity index (χ3v) is 1.36. The molecule has 1 aromatic heterocycles. The molecule has 0 fully saturated rings. The summed E-state index contributed by atoms with van der Waals surface area (Å²) >= 11 is 0. The van der Waals surface area contributed by atoms with Crippen LogP contribution < -0.4 is 4.57 Å². The predicted molar refractivity (Wildman–Crippen MR) is 41.5 cm³/mol. The molecule has 0 N–H and O–H groups in total. The van der Waals surface area contributed by atoms with Crippen molar-refractivity contribution in [3.8, 4) is 6.07 Å². The van der Waals surface area contributed by atoms with Crippen molar-refractivity contribution in [3.63, 3.8) is 0 Å². The molecule has 0 spiro atoms. The number of hydrogen-bond donors (Lipinski definition) is 0. The number of hydrogen-bond acceptors (Lipinski definition) is 1. The van der Waals surface area contributed by atoms with Crippen molar-refractivity contribution in [1.82, 2.24) is 0 Å². The summed E-state index contributed by atoms with van der Waals surface area (Å²) in [5, 5.41) is 8.48. The van der Waals surface area contributed by atoms with E-state index < -0.39 is 0 Å². The van der Waals surface area contributed by atoms with Crippen LogP contribution in [0.3, 0.4) is 0 Å². The Hall–Kier alpha value is -1.62. The van der Waals surface area contributed by atoms with Gasteiger partial charge in [-0.1, -0.05) is 6.58 Å². The Balaban J connectivity index is 2.84. The van der Waals surface area contributed by atoms with E-state index >= 15 is 0 Å². The standard InChI is InChI=1S/C9H9N2/c1-2-5-11-6-3-9(8-10)4-7-11/h2-4,6-7H,1,5H2/q+1. The minimum atomic E-state index is 0.685. The fourth-order valence-electron chi connectivity index (χ4n) is 0.803. The van der Waals surface area contributed by atoms with Crippen LogP contribution in [0.5, 0.6) is 0 Å². The first-order valence-corrected chi connectivity index (χ1v) is 3.37. The lowest BCUT2D eigenvalue weighted by Gasteiger charge is -1.89. The Morgan fingerprint density at radius 3 is 2.64 bits per heavy atom. The van der Waals surface area contributed by atoms with Gasteiger partial charge in [0.05, 0.1) is 11.6 Å². The van der Waals surface area contributed by atoms with Gasteiger partial charge in [0.25, 0.3) is 0 Å². The molecule has 0 amide bonds. The predicted octanol–water partition coefficient (Wildman–Crippen LogP) is 1.03. The van der Waals surface area contributed by atoms with Gasteiger partial charge in [-0.25, -0.2) is 4.57 Å². The van der Waals surface area contributed by atoms with Gasteiger partial charge in [0.15, 0.2) is 18.9 Å². The lowest BCUT2D eigenvalue weighted by molar-refractivity contribution is -0.687. The molecule has 0 saturated heterocycles. The highest BCUT2D eigenvalue weighted by molar-refractivity contribution is 5.23. The maximum atomic E-state index is 8.48. The van der Waals surface area contributed by atoms with Gasteiger partial charge in [-0.3, -0.25) is 0 Å². The van der Waals surface area contributed by atoms with Crippen LogP contribution in [0, 0.1) is 11.3 Å². The average molecular weight is 145 g/mol. The molecule has 2 nitrogen and oxygen atoms in total. The molecule has 11 heavy (non-hydrogen) atoms. The maximum absolute atomic E-state index is 8.48. The third-order valence-electron chi connectivity index (χ3n) is 1.36. The first kappa shape index (κ1) is 7.49. The quantitative estimate of drug-likeness (QED) is 0.451. The van der Waals surface area contributed by atoms with Crippen LogP contribution in [0.15, 0.2) is 37.2 Å². The molecule has 0 unspecified atom stereocenters. The molecule has 0 aliphatic carbocycles. The van der Waals surface area contributed by atoms with Crippen LogP contribution in [0.25, 0.3) is 0 Å². The highest BCUT2D eigenvalue weighted by Gasteiger charge is 1.95. The summed E-state index contributed by atoms with van der Waals surface area (Å²) in [5.41, 5.74) is 0.685. The van der Waals surface area contributed by atoms with E-state index in [-0.39, 0.29) is 0 Å². The molecule has 0 bridgehead atoms. The zero-order valence-electron chi connectivity index (χ0n) is 6.20. The van der Waals surface area contributed by atoms with Crippen LogP contribution >= 0.6 is 0 Å². The Morgan fingerprint density at radius 2 is 2.18 bits per heavy atom. The van der Waals surface area contributed by atoms with Crippen molar-refractivity contribution in [2.45, 2.75) is 6.54 Å². The molecule has 1 rings (SSSR count). The minimum Gasteiger partial charge on any atom is -0.201 e. The summed E-state index contributed by atoms with van der Waals surface area (Å²) in [7, 11) is 0. The lowest BCUT2D eigenvalue weighted by Crippen LogP contribution is -2.31. The first-order valence-electron chi connectivity index (χ1n) is 3.37. The minimum absolute atomic E-state index is 0.685. The van der Waals surface area contributed by atoms with E-state index in [2.05, 4.69) is 12.6 Å². The van der Waals surface area contributed by atoms with E-state index in [1.54, 1.807) is 12.1 Å².